The highest BCUT2D eigenvalue weighted by molar-refractivity contribution is 7.17. The van der Waals surface area contributed by atoms with Crippen molar-refractivity contribution in [3.8, 4) is 0 Å². The number of halogens is 1. The Kier molecular flexibility index (Phi) is 5.85. The molecule has 0 aliphatic carbocycles. The third-order valence-corrected chi connectivity index (χ3v) is 5.69. The summed E-state index contributed by atoms with van der Waals surface area (Å²) in [4.78, 5) is 37.3. The fourth-order valence-corrected chi connectivity index (χ4v) is 3.86. The Balaban J connectivity index is 1.43. The highest BCUT2D eigenvalue weighted by Crippen LogP contribution is 2.29. The smallest absolute Gasteiger partial charge is 0.414 e. The molecule has 3 heterocycles. The number of nitrogens with one attached hydrogen (secondary N) is 1. The highest BCUT2D eigenvalue weighted by Gasteiger charge is 2.33. The van der Waals surface area contributed by atoms with E-state index in [9.17, 15) is 18.8 Å². The second kappa shape index (κ2) is 8.74. The van der Waals surface area contributed by atoms with Crippen LogP contribution >= 0.6 is 11.3 Å². The van der Waals surface area contributed by atoms with Crippen LogP contribution in [0.15, 0.2) is 23.3 Å². The van der Waals surface area contributed by atoms with Gasteiger partial charge in [0.2, 0.25) is 16.0 Å². The van der Waals surface area contributed by atoms with Gasteiger partial charge in [-0.3, -0.25) is 14.5 Å². The summed E-state index contributed by atoms with van der Waals surface area (Å²) in [6.45, 7) is 2.55. The Morgan fingerprint density at radius 3 is 2.78 bits per heavy atom. The standard InChI is InChI=1S/C18H19FN8O4S/c1-10(28)21-7-12-8-26(18(30)31-12)11-2-3-14(13(19)6-11)25-4-5-27(22-9-25)17-24-23-16(32-17)15(20)29/h2-3,6,9,12H,4-5,7-8H2,1H3,(H2,20,29)(H,21,28)/t12-/m0/s1. The van der Waals surface area contributed by atoms with Gasteiger partial charge in [-0.05, 0) is 18.2 Å². The molecule has 0 bridgehead atoms. The van der Waals surface area contributed by atoms with Crippen molar-refractivity contribution in [2.24, 2.45) is 10.8 Å². The number of primary amides is 1. The van der Waals surface area contributed by atoms with Crippen LogP contribution in [0.1, 0.15) is 16.7 Å². The fourth-order valence-electron chi connectivity index (χ4n) is 3.18. The zero-order valence-electron chi connectivity index (χ0n) is 16.9. The van der Waals surface area contributed by atoms with Crippen molar-refractivity contribution in [3.63, 3.8) is 0 Å². The molecular formula is C18H19FN8O4S. The summed E-state index contributed by atoms with van der Waals surface area (Å²) >= 11 is 1.02. The number of benzene rings is 1. The van der Waals surface area contributed by atoms with E-state index in [-0.39, 0.29) is 29.7 Å². The van der Waals surface area contributed by atoms with Crippen molar-refractivity contribution in [3.05, 3.63) is 29.0 Å². The Morgan fingerprint density at radius 2 is 2.16 bits per heavy atom. The van der Waals surface area contributed by atoms with E-state index in [0.717, 1.165) is 11.3 Å². The van der Waals surface area contributed by atoms with Crippen LogP contribution < -0.4 is 25.9 Å². The van der Waals surface area contributed by atoms with Gasteiger partial charge in [0.05, 0.1) is 31.0 Å². The normalized spacial score (nSPS) is 18.1. The van der Waals surface area contributed by atoms with Crippen LogP contribution in [0.5, 0.6) is 0 Å². The fraction of sp³-hybridized carbons (Fsp3) is 0.333. The van der Waals surface area contributed by atoms with E-state index in [0.29, 0.717) is 23.9 Å². The van der Waals surface area contributed by atoms with Gasteiger partial charge in [0.25, 0.3) is 5.91 Å². The number of hydrazone groups is 1. The lowest BCUT2D eigenvalue weighted by atomic mass is 10.2. The minimum absolute atomic E-state index is 0.0824. The van der Waals surface area contributed by atoms with Gasteiger partial charge in [-0.15, -0.1) is 10.2 Å². The lowest BCUT2D eigenvalue weighted by Crippen LogP contribution is -2.38. The Hall–Kier alpha value is -3.81. The van der Waals surface area contributed by atoms with Crippen molar-refractivity contribution in [1.29, 1.82) is 0 Å². The lowest BCUT2D eigenvalue weighted by Gasteiger charge is -2.28. The average molecular weight is 462 g/mol. The number of aromatic nitrogens is 2. The quantitative estimate of drug-likeness (QED) is 0.631. The van der Waals surface area contributed by atoms with Gasteiger partial charge in [-0.25, -0.2) is 14.2 Å². The van der Waals surface area contributed by atoms with E-state index in [1.54, 1.807) is 22.0 Å². The van der Waals surface area contributed by atoms with Gasteiger partial charge in [0, 0.05) is 13.5 Å². The third kappa shape index (κ3) is 4.44. The second-order valence-electron chi connectivity index (χ2n) is 6.99. The minimum Gasteiger partial charge on any atom is -0.442 e. The van der Waals surface area contributed by atoms with Crippen LogP contribution in [0.3, 0.4) is 0 Å². The summed E-state index contributed by atoms with van der Waals surface area (Å²) in [6, 6.07) is 4.42. The zero-order valence-corrected chi connectivity index (χ0v) is 17.7. The molecule has 1 saturated heterocycles. The molecule has 3 amide bonds. The maximum Gasteiger partial charge on any atom is 0.414 e. The monoisotopic (exact) mass is 462 g/mol. The van der Waals surface area contributed by atoms with E-state index < -0.39 is 23.9 Å². The zero-order chi connectivity index (χ0) is 22.8. The van der Waals surface area contributed by atoms with Crippen LogP contribution in [0.25, 0.3) is 0 Å². The van der Waals surface area contributed by atoms with Crippen LogP contribution in [-0.4, -0.2) is 66.7 Å². The maximum absolute atomic E-state index is 14.9. The number of cyclic esters (lactones) is 1. The molecule has 14 heteroatoms. The molecule has 2 aliphatic rings. The lowest BCUT2D eigenvalue weighted by molar-refractivity contribution is -0.119. The van der Waals surface area contributed by atoms with Gasteiger partial charge in [0.15, 0.2) is 0 Å². The first-order valence-electron chi connectivity index (χ1n) is 9.55. The van der Waals surface area contributed by atoms with Crippen LogP contribution in [0, 0.1) is 5.82 Å². The van der Waals surface area contributed by atoms with Crippen molar-refractivity contribution in [1.82, 2.24) is 15.5 Å². The third-order valence-electron chi connectivity index (χ3n) is 4.73. The topological polar surface area (TPSA) is 146 Å². The number of anilines is 3. The summed E-state index contributed by atoms with van der Waals surface area (Å²) < 4.78 is 20.1. The summed E-state index contributed by atoms with van der Waals surface area (Å²) in [5, 5.41) is 16.4. The molecule has 0 saturated carbocycles. The molecule has 0 unspecified atom stereocenters. The number of nitrogens with zero attached hydrogens (tertiary/aromatic N) is 6. The predicted molar refractivity (Wildman–Crippen MR) is 114 cm³/mol. The Morgan fingerprint density at radius 1 is 1.34 bits per heavy atom. The molecule has 1 fully saturated rings. The summed E-state index contributed by atoms with van der Waals surface area (Å²) in [5.74, 6) is -1.43. The van der Waals surface area contributed by atoms with Crippen LogP contribution in [0.2, 0.25) is 0 Å². The predicted octanol–water partition coefficient (Wildman–Crippen LogP) is 0.507. The van der Waals surface area contributed by atoms with Gasteiger partial charge < -0.3 is 20.7 Å². The second-order valence-corrected chi connectivity index (χ2v) is 7.95. The Bertz CT molecular complexity index is 1090. The molecule has 0 spiro atoms. The van der Waals surface area contributed by atoms with Crippen molar-refractivity contribution in [2.75, 3.05) is 41.0 Å². The summed E-state index contributed by atoms with van der Waals surface area (Å²) in [7, 11) is 0. The largest absolute Gasteiger partial charge is 0.442 e. The molecule has 168 valence electrons. The first kappa shape index (κ1) is 21.4. The van der Waals surface area contributed by atoms with E-state index in [4.69, 9.17) is 10.5 Å². The first-order valence-corrected chi connectivity index (χ1v) is 10.4. The maximum atomic E-state index is 14.9. The number of rotatable bonds is 6. The molecule has 1 aromatic carbocycles. The van der Waals surface area contributed by atoms with Crippen molar-refractivity contribution >= 4 is 52.1 Å². The summed E-state index contributed by atoms with van der Waals surface area (Å²) in [6.07, 6.45) is 0.334. The summed E-state index contributed by atoms with van der Waals surface area (Å²) in [5.41, 5.74) is 5.82. The first-order chi connectivity index (χ1) is 15.3. The molecule has 1 atom stereocenters. The number of ether oxygens (including phenoxy) is 1. The molecule has 2 aliphatic heterocycles. The highest BCUT2D eigenvalue weighted by atomic mass is 32.1. The number of nitrogens with two attached hydrogens (primary N) is 1. The minimum atomic E-state index is -0.665. The van der Waals surface area contributed by atoms with Gasteiger partial charge >= 0.3 is 6.09 Å². The van der Waals surface area contributed by atoms with E-state index in [1.807, 2.05) is 0 Å². The van der Waals surface area contributed by atoms with Crippen LogP contribution in [-0.2, 0) is 9.53 Å². The molecule has 1 aromatic heterocycles. The number of hydrogen-bond donors (Lipinski definition) is 2. The van der Waals surface area contributed by atoms with E-state index in [1.165, 1.54) is 24.2 Å². The average Bonchev–Trinajstić information content (AvgIpc) is 3.39. The Labute approximate surface area is 185 Å². The van der Waals surface area contributed by atoms with Gasteiger partial charge in [-0.1, -0.05) is 11.3 Å². The SMILES string of the molecule is CC(=O)NC[C@H]1CN(c2ccc(N3C=NN(c4nnc(C(N)=O)s4)CC3)c(F)c2)C(=O)O1. The van der Waals surface area contributed by atoms with Crippen molar-refractivity contribution in [2.45, 2.75) is 13.0 Å². The van der Waals surface area contributed by atoms with E-state index >= 15 is 0 Å². The molecule has 12 nitrogen and oxygen atoms in total. The molecule has 32 heavy (non-hydrogen) atoms. The molecule has 2 aromatic rings. The van der Waals surface area contributed by atoms with Gasteiger partial charge in [-0.2, -0.15) is 5.10 Å². The number of hydrogen-bond acceptors (Lipinski definition) is 10. The molecule has 4 rings (SSSR count). The number of carbonyl (C=O) groups excluding carboxylic acids is 3. The van der Waals surface area contributed by atoms with E-state index in [2.05, 4.69) is 20.6 Å². The van der Waals surface area contributed by atoms with Crippen LogP contribution in [0.4, 0.5) is 25.7 Å². The molecule has 3 N–H and O–H groups in total. The number of carbonyl (C=O) groups is 3. The molecule has 0 radical (unpaired) electrons. The van der Waals surface area contributed by atoms with Gasteiger partial charge in [0.1, 0.15) is 18.3 Å². The molecular weight excluding hydrogens is 443 g/mol. The van der Waals surface area contributed by atoms with Crippen molar-refractivity contribution < 1.29 is 23.5 Å². The number of amides is 3.